The van der Waals surface area contributed by atoms with Crippen LogP contribution < -0.4 is 9.46 Å². The lowest BCUT2D eigenvalue weighted by Gasteiger charge is -2.13. The number of nitriles is 1. The molecule has 2 aromatic carbocycles. The normalized spacial score (nSPS) is 11.3. The highest BCUT2D eigenvalue weighted by Gasteiger charge is 2.22. The van der Waals surface area contributed by atoms with Crippen molar-refractivity contribution in [3.8, 4) is 17.6 Å². The number of fused-ring (bicyclic) bond motifs is 1. The molecule has 0 radical (unpaired) electrons. The maximum absolute atomic E-state index is 13.0. The fraction of sp³-hybridized carbons (Fsp3) is 0.136. The van der Waals surface area contributed by atoms with Crippen LogP contribution in [0.4, 0.5) is 5.82 Å². The summed E-state index contributed by atoms with van der Waals surface area (Å²) in [5, 5.41) is 14.7. The van der Waals surface area contributed by atoms with Crippen LogP contribution in [0.2, 0.25) is 0 Å². The van der Waals surface area contributed by atoms with Gasteiger partial charge in [0, 0.05) is 5.39 Å². The number of aryl methyl sites for hydroxylation is 2. The standard InChI is InChI=1S/C22H19N5O3S/c1-14-5-4-6-19-15(2)11-20(25-21(14)19)27-22(16(12-23)13-24-27)26-31(28,29)18-9-7-17(30-3)8-10-18/h4-11,13,26H,1-3H3. The second-order valence-corrected chi connectivity index (χ2v) is 8.66. The van der Waals surface area contributed by atoms with Crippen LogP contribution in [-0.4, -0.2) is 30.3 Å². The van der Waals surface area contributed by atoms with Crippen LogP contribution in [0.25, 0.3) is 16.7 Å². The topological polar surface area (TPSA) is 110 Å². The zero-order chi connectivity index (χ0) is 22.2. The predicted molar refractivity (Wildman–Crippen MR) is 117 cm³/mol. The summed E-state index contributed by atoms with van der Waals surface area (Å²) >= 11 is 0. The molecule has 31 heavy (non-hydrogen) atoms. The third-order valence-electron chi connectivity index (χ3n) is 4.94. The summed E-state index contributed by atoms with van der Waals surface area (Å²) in [5.74, 6) is 0.972. The largest absolute Gasteiger partial charge is 0.497 e. The molecule has 0 fully saturated rings. The van der Waals surface area contributed by atoms with Crippen molar-refractivity contribution in [3.05, 3.63) is 71.4 Å². The fourth-order valence-corrected chi connectivity index (χ4v) is 4.36. The van der Waals surface area contributed by atoms with Crippen LogP contribution in [0, 0.1) is 25.2 Å². The van der Waals surface area contributed by atoms with Crippen molar-refractivity contribution in [1.82, 2.24) is 14.8 Å². The average molecular weight is 433 g/mol. The minimum absolute atomic E-state index is 0.0261. The molecule has 0 unspecified atom stereocenters. The van der Waals surface area contributed by atoms with Crippen molar-refractivity contribution in [2.24, 2.45) is 0 Å². The van der Waals surface area contributed by atoms with Gasteiger partial charge in [0.15, 0.2) is 11.6 Å². The summed E-state index contributed by atoms with van der Waals surface area (Å²) < 4.78 is 34.8. The molecule has 4 rings (SSSR count). The maximum Gasteiger partial charge on any atom is 0.263 e. The SMILES string of the molecule is COc1ccc(S(=O)(=O)Nc2c(C#N)cnn2-c2cc(C)c3cccc(C)c3n2)cc1. The van der Waals surface area contributed by atoms with Gasteiger partial charge in [0.2, 0.25) is 0 Å². The monoisotopic (exact) mass is 433 g/mol. The molecule has 9 heteroatoms. The Kier molecular flexibility index (Phi) is 5.09. The molecule has 0 spiro atoms. The number of methoxy groups -OCH3 is 1. The number of rotatable bonds is 5. The van der Waals surface area contributed by atoms with Crippen LogP contribution in [0.3, 0.4) is 0 Å². The number of sulfonamides is 1. The Labute approximate surface area is 179 Å². The van der Waals surface area contributed by atoms with Gasteiger partial charge in [-0.2, -0.15) is 15.0 Å². The Hall–Kier alpha value is -3.90. The molecule has 2 aromatic heterocycles. The van der Waals surface area contributed by atoms with Gasteiger partial charge in [-0.05, 0) is 55.3 Å². The second kappa shape index (κ2) is 7.74. The van der Waals surface area contributed by atoms with E-state index in [-0.39, 0.29) is 16.3 Å². The fourth-order valence-electron chi connectivity index (χ4n) is 3.30. The zero-order valence-electron chi connectivity index (χ0n) is 17.1. The molecule has 156 valence electrons. The summed E-state index contributed by atoms with van der Waals surface area (Å²) in [5.41, 5.74) is 2.81. The number of nitrogens with zero attached hydrogens (tertiary/aromatic N) is 4. The Morgan fingerprint density at radius 3 is 2.52 bits per heavy atom. The van der Waals surface area contributed by atoms with E-state index < -0.39 is 10.0 Å². The van der Waals surface area contributed by atoms with Crippen molar-refractivity contribution < 1.29 is 13.2 Å². The van der Waals surface area contributed by atoms with Crippen molar-refractivity contribution >= 4 is 26.7 Å². The van der Waals surface area contributed by atoms with Crippen LogP contribution >= 0.6 is 0 Å². The summed E-state index contributed by atoms with van der Waals surface area (Å²) in [6, 6.07) is 15.6. The first-order valence-corrected chi connectivity index (χ1v) is 10.8. The van der Waals surface area contributed by atoms with Gasteiger partial charge in [0.05, 0.1) is 23.7 Å². The summed E-state index contributed by atoms with van der Waals surface area (Å²) in [6.07, 6.45) is 1.31. The highest BCUT2D eigenvalue weighted by molar-refractivity contribution is 7.92. The van der Waals surface area contributed by atoms with Crippen molar-refractivity contribution in [3.63, 3.8) is 0 Å². The molecule has 0 atom stereocenters. The molecule has 4 aromatic rings. The predicted octanol–water partition coefficient (Wildman–Crippen LogP) is 3.72. The van der Waals surface area contributed by atoms with E-state index in [0.29, 0.717) is 11.6 Å². The number of benzene rings is 2. The quantitative estimate of drug-likeness (QED) is 0.514. The Morgan fingerprint density at radius 1 is 1.10 bits per heavy atom. The van der Waals surface area contributed by atoms with E-state index in [1.54, 1.807) is 18.2 Å². The van der Waals surface area contributed by atoms with E-state index in [9.17, 15) is 13.7 Å². The number of para-hydroxylation sites is 1. The van der Waals surface area contributed by atoms with Gasteiger partial charge in [0.1, 0.15) is 17.4 Å². The van der Waals surface area contributed by atoms with Crippen molar-refractivity contribution in [1.29, 1.82) is 5.26 Å². The molecule has 8 nitrogen and oxygen atoms in total. The van der Waals surface area contributed by atoms with Crippen molar-refractivity contribution in [2.45, 2.75) is 18.7 Å². The number of pyridine rings is 1. The highest BCUT2D eigenvalue weighted by atomic mass is 32.2. The van der Waals surface area contributed by atoms with Gasteiger partial charge in [-0.1, -0.05) is 18.2 Å². The third kappa shape index (κ3) is 3.69. The average Bonchev–Trinajstić information content (AvgIpc) is 3.16. The number of ether oxygens (including phenoxy) is 1. The van der Waals surface area contributed by atoms with Gasteiger partial charge < -0.3 is 4.74 Å². The number of hydrogen-bond acceptors (Lipinski definition) is 6. The van der Waals surface area contributed by atoms with Gasteiger partial charge in [-0.3, -0.25) is 4.72 Å². The summed E-state index contributed by atoms with van der Waals surface area (Å²) in [4.78, 5) is 4.71. The number of hydrogen-bond donors (Lipinski definition) is 1. The lowest BCUT2D eigenvalue weighted by Crippen LogP contribution is -2.17. The summed E-state index contributed by atoms with van der Waals surface area (Å²) in [7, 11) is -2.48. The highest BCUT2D eigenvalue weighted by Crippen LogP contribution is 2.27. The molecule has 0 aliphatic carbocycles. The first kappa shape index (κ1) is 20.4. The maximum atomic E-state index is 13.0. The smallest absolute Gasteiger partial charge is 0.263 e. The molecule has 1 N–H and O–H groups in total. The van der Waals surface area contributed by atoms with Gasteiger partial charge in [0.25, 0.3) is 10.0 Å². The van der Waals surface area contributed by atoms with Gasteiger partial charge >= 0.3 is 0 Å². The van der Waals surface area contributed by atoms with Crippen LogP contribution in [0.5, 0.6) is 5.75 Å². The van der Waals surface area contributed by atoms with Crippen LogP contribution in [0.1, 0.15) is 16.7 Å². The van der Waals surface area contributed by atoms with Gasteiger partial charge in [-0.25, -0.2) is 13.4 Å². The molecule has 0 bridgehead atoms. The van der Waals surface area contributed by atoms with Crippen molar-refractivity contribution in [2.75, 3.05) is 11.8 Å². The molecule has 0 aliphatic heterocycles. The Balaban J connectivity index is 1.82. The van der Waals surface area contributed by atoms with E-state index in [2.05, 4.69) is 14.8 Å². The summed E-state index contributed by atoms with van der Waals surface area (Å²) in [6.45, 7) is 3.90. The number of nitrogens with one attached hydrogen (secondary N) is 1. The molecular weight excluding hydrogens is 414 g/mol. The minimum Gasteiger partial charge on any atom is -0.497 e. The van der Waals surface area contributed by atoms with Crippen LogP contribution in [0.15, 0.2) is 59.6 Å². The molecular formula is C22H19N5O3S. The molecule has 2 heterocycles. The second-order valence-electron chi connectivity index (χ2n) is 6.98. The molecule has 0 saturated heterocycles. The van der Waals surface area contributed by atoms with E-state index in [4.69, 9.17) is 4.74 Å². The lowest BCUT2D eigenvalue weighted by molar-refractivity contribution is 0.414. The van der Waals surface area contributed by atoms with E-state index in [1.165, 1.54) is 30.1 Å². The minimum atomic E-state index is -3.98. The molecule has 0 amide bonds. The third-order valence-corrected chi connectivity index (χ3v) is 6.30. The van der Waals surface area contributed by atoms with E-state index in [1.807, 2.05) is 38.1 Å². The first-order valence-electron chi connectivity index (χ1n) is 9.36. The van der Waals surface area contributed by atoms with E-state index >= 15 is 0 Å². The zero-order valence-corrected chi connectivity index (χ0v) is 17.9. The first-order chi connectivity index (χ1) is 14.8. The van der Waals surface area contributed by atoms with E-state index in [0.717, 1.165) is 22.0 Å². The van der Waals surface area contributed by atoms with Crippen LogP contribution in [-0.2, 0) is 10.0 Å². The Morgan fingerprint density at radius 2 is 1.84 bits per heavy atom. The lowest BCUT2D eigenvalue weighted by atomic mass is 10.1. The number of aromatic nitrogens is 3. The Bertz CT molecular complexity index is 1430. The molecule has 0 saturated carbocycles. The number of anilines is 1. The molecule has 0 aliphatic rings. The van der Waals surface area contributed by atoms with Gasteiger partial charge in [-0.15, -0.1) is 0 Å².